The van der Waals surface area contributed by atoms with Gasteiger partial charge in [0.25, 0.3) is 0 Å². The third-order valence-corrected chi connectivity index (χ3v) is 0.803. The summed E-state index contributed by atoms with van der Waals surface area (Å²) in [6, 6.07) is 0. The first-order valence-electron chi connectivity index (χ1n) is 4.10. The van der Waals surface area contributed by atoms with Crippen LogP contribution < -0.4 is 0 Å². The van der Waals surface area contributed by atoms with E-state index in [0.717, 1.165) is 13.2 Å². The van der Waals surface area contributed by atoms with Crippen molar-refractivity contribution in [2.75, 3.05) is 27.3 Å². The highest BCUT2D eigenvalue weighted by Crippen LogP contribution is 1.90. The molecule has 0 saturated carbocycles. The van der Waals surface area contributed by atoms with E-state index in [-0.39, 0.29) is 18.7 Å². The zero-order chi connectivity index (χ0) is 9.98. The largest absolute Gasteiger partial charge is 0.353 e. The summed E-state index contributed by atoms with van der Waals surface area (Å²) in [6.07, 6.45) is -0.0370. The smallest absolute Gasteiger partial charge is 0.154 e. The van der Waals surface area contributed by atoms with E-state index < -0.39 is 0 Å². The molecule has 13 heavy (non-hydrogen) atoms. The summed E-state index contributed by atoms with van der Waals surface area (Å²) in [6.45, 7) is 7.25. The van der Waals surface area contributed by atoms with Crippen molar-refractivity contribution in [3.63, 3.8) is 0 Å². The highest BCUT2D eigenvalue weighted by atomic mass is 35.5. The van der Waals surface area contributed by atoms with Gasteiger partial charge in [-0.1, -0.05) is 0 Å². The summed E-state index contributed by atoms with van der Waals surface area (Å²) >= 11 is 5.11. The second-order valence-corrected chi connectivity index (χ2v) is 2.94. The molecule has 0 aliphatic carbocycles. The first-order chi connectivity index (χ1) is 5.54. The molecule has 0 amide bonds. The van der Waals surface area contributed by atoms with Crippen LogP contribution in [0.4, 0.5) is 0 Å². The second-order valence-electron chi connectivity index (χ2n) is 2.26. The van der Waals surface area contributed by atoms with Gasteiger partial charge in [0.05, 0.1) is 0 Å². The van der Waals surface area contributed by atoms with Gasteiger partial charge < -0.3 is 9.47 Å². The third kappa shape index (κ3) is 32.7. The van der Waals surface area contributed by atoms with Crippen LogP contribution >= 0.6 is 24.2 Å². The first kappa shape index (κ1) is 19.1. The normalized spacial score (nSPS) is 9.23. The molecule has 0 spiro atoms. The Balaban J connectivity index is -0.000000173. The number of hydrogen-bond donors (Lipinski definition) is 0. The minimum Gasteiger partial charge on any atom is -0.353 e. The summed E-state index contributed by atoms with van der Waals surface area (Å²) < 4.78 is 11.6. The molecule has 0 aliphatic rings. The molecule has 0 aromatic carbocycles. The molecule has 0 N–H and O–H groups in total. The average molecular weight is 234 g/mol. The van der Waals surface area contributed by atoms with Gasteiger partial charge in [-0.2, -0.15) is 0 Å². The van der Waals surface area contributed by atoms with Gasteiger partial charge in [-0.25, -0.2) is 4.42 Å². The molecule has 84 valence electrons. The van der Waals surface area contributed by atoms with Gasteiger partial charge in [0.2, 0.25) is 0 Å². The Labute approximate surface area is 92.9 Å². The van der Waals surface area contributed by atoms with Crippen molar-refractivity contribution in [3.8, 4) is 0 Å². The Morgan fingerprint density at radius 2 is 1.38 bits per heavy atom. The Morgan fingerprint density at radius 1 is 1.15 bits per heavy atom. The predicted octanol–water partition coefficient (Wildman–Crippen LogP) is 2.53. The molecule has 0 atom stereocenters. The lowest BCUT2D eigenvalue weighted by atomic mass is 10.7. The van der Waals surface area contributed by atoms with Crippen molar-refractivity contribution in [1.29, 1.82) is 0 Å². The van der Waals surface area contributed by atoms with Crippen LogP contribution in [0.5, 0.6) is 0 Å². The zero-order valence-electron chi connectivity index (χ0n) is 9.04. The Kier molecular flexibility index (Phi) is 22.0. The lowest BCUT2D eigenvalue weighted by Crippen LogP contribution is -2.11. The predicted molar refractivity (Wildman–Crippen MR) is 59.5 cm³/mol. The third-order valence-electron chi connectivity index (χ3n) is 0.803. The molecule has 0 heterocycles. The topological polar surface area (TPSA) is 21.7 Å². The van der Waals surface area contributed by atoms with Crippen LogP contribution in [0.25, 0.3) is 0 Å². The fourth-order valence-electron chi connectivity index (χ4n) is 0.518. The maximum atomic E-state index is 5.11. The molecular formula is C8H21Cl2NO2. The van der Waals surface area contributed by atoms with Crippen LogP contribution in [0.1, 0.15) is 20.8 Å². The highest BCUT2D eigenvalue weighted by Gasteiger charge is 1.94. The van der Waals surface area contributed by atoms with Crippen molar-refractivity contribution in [3.05, 3.63) is 0 Å². The summed E-state index contributed by atoms with van der Waals surface area (Å²) in [5.41, 5.74) is 0. The molecular weight excluding hydrogens is 213 g/mol. The van der Waals surface area contributed by atoms with E-state index >= 15 is 0 Å². The van der Waals surface area contributed by atoms with Gasteiger partial charge in [-0.15, -0.1) is 12.4 Å². The number of rotatable bonds is 4. The summed E-state index contributed by atoms with van der Waals surface area (Å²) in [7, 11) is 3.53. The minimum atomic E-state index is -0.0370. The average Bonchev–Trinajstić information content (AvgIpc) is 1.87. The lowest BCUT2D eigenvalue weighted by molar-refractivity contribution is -0.123. The molecule has 0 fully saturated rings. The van der Waals surface area contributed by atoms with Gasteiger partial charge in [0, 0.05) is 27.3 Å². The molecule has 0 saturated heterocycles. The number of nitrogens with zero attached hydrogens (tertiary/aromatic N) is 1. The van der Waals surface area contributed by atoms with E-state index in [0.29, 0.717) is 0 Å². The van der Waals surface area contributed by atoms with Crippen molar-refractivity contribution >= 4 is 24.2 Å². The number of halogens is 2. The first-order valence-corrected chi connectivity index (χ1v) is 4.44. The molecule has 0 rings (SSSR count). The van der Waals surface area contributed by atoms with Crippen LogP contribution in [0.15, 0.2) is 0 Å². The van der Waals surface area contributed by atoms with Gasteiger partial charge in [-0.3, -0.25) is 0 Å². The quantitative estimate of drug-likeness (QED) is 0.551. The van der Waals surface area contributed by atoms with E-state index in [1.807, 2.05) is 20.8 Å². The monoisotopic (exact) mass is 233 g/mol. The molecule has 0 aliphatic heterocycles. The summed E-state index contributed by atoms with van der Waals surface area (Å²) in [4.78, 5) is 0. The van der Waals surface area contributed by atoms with E-state index in [4.69, 9.17) is 21.3 Å². The van der Waals surface area contributed by atoms with Crippen LogP contribution in [0.3, 0.4) is 0 Å². The minimum absolute atomic E-state index is 0. The zero-order valence-corrected chi connectivity index (χ0v) is 10.6. The molecule has 0 aromatic heterocycles. The van der Waals surface area contributed by atoms with E-state index in [2.05, 4.69) is 0 Å². The van der Waals surface area contributed by atoms with Crippen molar-refractivity contribution < 1.29 is 9.47 Å². The Hall–Kier alpha value is 0.460. The van der Waals surface area contributed by atoms with Crippen molar-refractivity contribution in [2.45, 2.75) is 27.1 Å². The summed E-state index contributed by atoms with van der Waals surface area (Å²) in [5, 5.41) is 0. The maximum Gasteiger partial charge on any atom is 0.154 e. The van der Waals surface area contributed by atoms with E-state index in [1.54, 1.807) is 14.1 Å². The molecule has 0 radical (unpaired) electrons. The molecule has 0 bridgehead atoms. The Bertz CT molecular complexity index is 75.8. The summed E-state index contributed by atoms with van der Waals surface area (Å²) in [5.74, 6) is 0. The van der Waals surface area contributed by atoms with E-state index in [9.17, 15) is 0 Å². The van der Waals surface area contributed by atoms with Crippen molar-refractivity contribution in [1.82, 2.24) is 4.42 Å². The van der Waals surface area contributed by atoms with Gasteiger partial charge >= 0.3 is 0 Å². The second kappa shape index (κ2) is 15.0. The van der Waals surface area contributed by atoms with Gasteiger partial charge in [0.1, 0.15) is 0 Å². The van der Waals surface area contributed by atoms with Crippen LogP contribution in [0.2, 0.25) is 0 Å². The van der Waals surface area contributed by atoms with E-state index in [1.165, 1.54) is 4.42 Å². The molecule has 3 nitrogen and oxygen atoms in total. The highest BCUT2D eigenvalue weighted by molar-refractivity contribution is 6.12. The SMILES string of the molecule is CCOC(C)OCC.CN(C)Cl.Cl. The maximum absolute atomic E-state index is 5.11. The van der Waals surface area contributed by atoms with Gasteiger partial charge in [0.15, 0.2) is 6.29 Å². The fourth-order valence-corrected chi connectivity index (χ4v) is 0.518. The lowest BCUT2D eigenvalue weighted by Gasteiger charge is -2.09. The standard InChI is InChI=1S/C6H14O2.C2H6ClN.ClH/c1-4-7-6(3)8-5-2;1-4(2)3;/h6H,4-5H2,1-3H3;1-2H3;1H. The van der Waals surface area contributed by atoms with Gasteiger partial charge in [-0.05, 0) is 32.5 Å². The molecule has 0 aromatic rings. The van der Waals surface area contributed by atoms with Crippen LogP contribution in [-0.4, -0.2) is 38.0 Å². The van der Waals surface area contributed by atoms with Crippen LogP contribution in [0, 0.1) is 0 Å². The molecule has 5 heteroatoms. The van der Waals surface area contributed by atoms with Crippen molar-refractivity contribution in [2.24, 2.45) is 0 Å². The number of ether oxygens (including phenoxy) is 2. The van der Waals surface area contributed by atoms with Crippen LogP contribution in [-0.2, 0) is 9.47 Å². The number of hydrogen-bond acceptors (Lipinski definition) is 3. The Morgan fingerprint density at radius 3 is 1.54 bits per heavy atom. The molecule has 0 unspecified atom stereocenters. The fraction of sp³-hybridized carbons (Fsp3) is 1.00.